The first kappa shape index (κ1) is 16.1. The van der Waals surface area contributed by atoms with Crippen LogP contribution in [-0.2, 0) is 6.54 Å². The van der Waals surface area contributed by atoms with Crippen molar-refractivity contribution in [1.29, 1.82) is 0 Å². The second-order valence-corrected chi connectivity index (χ2v) is 6.07. The maximum absolute atomic E-state index is 5.27. The number of rotatable bonds is 7. The van der Waals surface area contributed by atoms with Gasteiger partial charge >= 0.3 is 0 Å². The molecule has 1 aromatic heterocycles. The van der Waals surface area contributed by atoms with Crippen LogP contribution in [0.3, 0.4) is 0 Å². The fourth-order valence-corrected chi connectivity index (χ4v) is 3.14. The first-order valence-electron chi connectivity index (χ1n) is 7.33. The molecule has 0 radical (unpaired) electrons. The smallest absolute Gasteiger partial charge is 0.133 e. The lowest BCUT2D eigenvalue weighted by Crippen LogP contribution is -2.15. The van der Waals surface area contributed by atoms with E-state index >= 15 is 0 Å². The van der Waals surface area contributed by atoms with Gasteiger partial charge in [0, 0.05) is 25.0 Å². The van der Waals surface area contributed by atoms with E-state index in [1.165, 1.54) is 17.5 Å². The second kappa shape index (κ2) is 7.66. The number of methoxy groups -OCH3 is 1. The standard InChI is InChI=1S/C17H23BrN2O/c1-4-5-16(19-2)14-8-9-20(12-14)11-13-6-7-17(21-3)15(18)10-13/h6-10,12,16,19H,4-5,11H2,1-3H3. The highest BCUT2D eigenvalue weighted by Crippen LogP contribution is 2.26. The summed E-state index contributed by atoms with van der Waals surface area (Å²) in [6, 6.07) is 8.86. The van der Waals surface area contributed by atoms with Gasteiger partial charge in [-0.15, -0.1) is 0 Å². The summed E-state index contributed by atoms with van der Waals surface area (Å²) in [5, 5.41) is 3.38. The molecular weight excluding hydrogens is 328 g/mol. The van der Waals surface area contributed by atoms with E-state index in [0.29, 0.717) is 6.04 Å². The summed E-state index contributed by atoms with van der Waals surface area (Å²) >= 11 is 3.54. The molecule has 21 heavy (non-hydrogen) atoms. The molecule has 1 aromatic carbocycles. The molecule has 0 spiro atoms. The zero-order valence-electron chi connectivity index (χ0n) is 12.9. The van der Waals surface area contributed by atoms with Gasteiger partial charge in [-0.3, -0.25) is 0 Å². The minimum absolute atomic E-state index is 0.443. The van der Waals surface area contributed by atoms with Crippen LogP contribution >= 0.6 is 15.9 Å². The minimum atomic E-state index is 0.443. The van der Waals surface area contributed by atoms with Crippen molar-refractivity contribution in [3.05, 3.63) is 52.3 Å². The Morgan fingerprint density at radius 2 is 2.14 bits per heavy atom. The Hall–Kier alpha value is -1.26. The highest BCUT2D eigenvalue weighted by atomic mass is 79.9. The monoisotopic (exact) mass is 350 g/mol. The summed E-state index contributed by atoms with van der Waals surface area (Å²) in [6.45, 7) is 3.08. The molecule has 2 rings (SSSR count). The van der Waals surface area contributed by atoms with Crippen LogP contribution in [0.4, 0.5) is 0 Å². The van der Waals surface area contributed by atoms with Crippen LogP contribution in [0.15, 0.2) is 41.1 Å². The Bertz CT molecular complexity index is 580. The maximum Gasteiger partial charge on any atom is 0.133 e. The molecule has 0 fully saturated rings. The molecule has 0 bridgehead atoms. The van der Waals surface area contributed by atoms with Gasteiger partial charge in [0.15, 0.2) is 0 Å². The summed E-state index contributed by atoms with van der Waals surface area (Å²) in [4.78, 5) is 0. The van der Waals surface area contributed by atoms with Gasteiger partial charge in [0.05, 0.1) is 11.6 Å². The first-order chi connectivity index (χ1) is 10.2. The van der Waals surface area contributed by atoms with Gasteiger partial charge in [0.2, 0.25) is 0 Å². The molecule has 1 atom stereocenters. The highest BCUT2D eigenvalue weighted by molar-refractivity contribution is 9.10. The van der Waals surface area contributed by atoms with Gasteiger partial charge in [-0.1, -0.05) is 19.4 Å². The van der Waals surface area contributed by atoms with E-state index in [1.807, 2.05) is 13.1 Å². The number of hydrogen-bond donors (Lipinski definition) is 1. The van der Waals surface area contributed by atoms with Gasteiger partial charge in [0.25, 0.3) is 0 Å². The average molecular weight is 351 g/mol. The summed E-state index contributed by atoms with van der Waals surface area (Å²) in [5.74, 6) is 0.866. The Morgan fingerprint density at radius 1 is 1.33 bits per heavy atom. The summed E-state index contributed by atoms with van der Waals surface area (Å²) < 4.78 is 8.49. The zero-order valence-corrected chi connectivity index (χ0v) is 14.5. The molecular formula is C17H23BrN2O. The summed E-state index contributed by atoms with van der Waals surface area (Å²) in [5.41, 5.74) is 2.60. The van der Waals surface area contributed by atoms with Crippen molar-refractivity contribution in [2.45, 2.75) is 32.4 Å². The molecule has 0 aliphatic heterocycles. The predicted octanol–water partition coefficient (Wildman–Crippen LogP) is 4.37. The van der Waals surface area contributed by atoms with E-state index in [0.717, 1.165) is 23.2 Å². The van der Waals surface area contributed by atoms with E-state index in [4.69, 9.17) is 4.74 Å². The van der Waals surface area contributed by atoms with Crippen LogP contribution in [0.2, 0.25) is 0 Å². The fraction of sp³-hybridized carbons (Fsp3) is 0.412. The van der Waals surface area contributed by atoms with Crippen LogP contribution in [0.5, 0.6) is 5.75 Å². The lowest BCUT2D eigenvalue weighted by molar-refractivity contribution is 0.412. The third-order valence-corrected chi connectivity index (χ3v) is 4.30. The van der Waals surface area contributed by atoms with Crippen molar-refractivity contribution in [3.63, 3.8) is 0 Å². The lowest BCUT2D eigenvalue weighted by atomic mass is 10.1. The van der Waals surface area contributed by atoms with Crippen LogP contribution in [-0.4, -0.2) is 18.7 Å². The molecule has 1 N–H and O–H groups in total. The molecule has 0 aliphatic carbocycles. The molecule has 1 heterocycles. The van der Waals surface area contributed by atoms with Crippen LogP contribution in [0, 0.1) is 0 Å². The predicted molar refractivity (Wildman–Crippen MR) is 90.9 cm³/mol. The van der Waals surface area contributed by atoms with Crippen molar-refractivity contribution >= 4 is 15.9 Å². The normalized spacial score (nSPS) is 12.4. The van der Waals surface area contributed by atoms with Crippen molar-refractivity contribution in [1.82, 2.24) is 9.88 Å². The largest absolute Gasteiger partial charge is 0.496 e. The first-order valence-corrected chi connectivity index (χ1v) is 8.12. The molecule has 3 nitrogen and oxygen atoms in total. The fourth-order valence-electron chi connectivity index (χ4n) is 2.55. The molecule has 2 aromatic rings. The molecule has 0 aliphatic rings. The SMILES string of the molecule is CCCC(NC)c1ccn(Cc2ccc(OC)c(Br)c2)c1. The number of halogens is 1. The van der Waals surface area contributed by atoms with Crippen LogP contribution in [0.1, 0.15) is 36.9 Å². The number of hydrogen-bond acceptors (Lipinski definition) is 2. The molecule has 0 saturated carbocycles. The van der Waals surface area contributed by atoms with Gasteiger partial charge in [-0.05, 0) is 58.7 Å². The topological polar surface area (TPSA) is 26.2 Å². The highest BCUT2D eigenvalue weighted by Gasteiger charge is 2.09. The second-order valence-electron chi connectivity index (χ2n) is 5.22. The third kappa shape index (κ3) is 4.11. The lowest BCUT2D eigenvalue weighted by Gasteiger charge is -2.13. The van der Waals surface area contributed by atoms with E-state index < -0.39 is 0 Å². The Balaban J connectivity index is 2.10. The van der Waals surface area contributed by atoms with Gasteiger partial charge in [-0.2, -0.15) is 0 Å². The number of nitrogens with zero attached hydrogens (tertiary/aromatic N) is 1. The number of ether oxygens (including phenoxy) is 1. The average Bonchev–Trinajstić information content (AvgIpc) is 2.93. The Labute approximate surface area is 135 Å². The summed E-state index contributed by atoms with van der Waals surface area (Å²) in [6.07, 6.45) is 6.72. The van der Waals surface area contributed by atoms with Gasteiger partial charge in [0.1, 0.15) is 5.75 Å². The van der Waals surface area contributed by atoms with E-state index in [2.05, 4.69) is 63.3 Å². The third-order valence-electron chi connectivity index (χ3n) is 3.68. The van der Waals surface area contributed by atoms with Crippen molar-refractivity contribution < 1.29 is 4.74 Å². The Morgan fingerprint density at radius 3 is 2.76 bits per heavy atom. The molecule has 4 heteroatoms. The molecule has 0 amide bonds. The number of benzene rings is 1. The molecule has 1 unspecified atom stereocenters. The Kier molecular flexibility index (Phi) is 5.88. The zero-order chi connectivity index (χ0) is 15.2. The van der Waals surface area contributed by atoms with E-state index in [9.17, 15) is 0 Å². The quantitative estimate of drug-likeness (QED) is 0.802. The van der Waals surface area contributed by atoms with Crippen LogP contribution in [0.25, 0.3) is 0 Å². The van der Waals surface area contributed by atoms with E-state index in [-0.39, 0.29) is 0 Å². The van der Waals surface area contributed by atoms with Gasteiger partial charge < -0.3 is 14.6 Å². The number of aromatic nitrogens is 1. The van der Waals surface area contributed by atoms with Crippen molar-refractivity contribution in [3.8, 4) is 5.75 Å². The maximum atomic E-state index is 5.27. The molecule has 0 saturated heterocycles. The van der Waals surface area contributed by atoms with Crippen molar-refractivity contribution in [2.75, 3.05) is 14.2 Å². The van der Waals surface area contributed by atoms with Gasteiger partial charge in [-0.25, -0.2) is 0 Å². The summed E-state index contributed by atoms with van der Waals surface area (Å²) in [7, 11) is 3.71. The minimum Gasteiger partial charge on any atom is -0.496 e. The molecule has 114 valence electrons. The van der Waals surface area contributed by atoms with Crippen LogP contribution < -0.4 is 10.1 Å². The van der Waals surface area contributed by atoms with E-state index in [1.54, 1.807) is 7.11 Å². The van der Waals surface area contributed by atoms with Crippen molar-refractivity contribution in [2.24, 2.45) is 0 Å². The number of nitrogens with one attached hydrogen (secondary N) is 1.